The van der Waals surface area contributed by atoms with Gasteiger partial charge in [-0.3, -0.25) is 0 Å². The molecule has 0 aliphatic rings. The summed E-state index contributed by atoms with van der Waals surface area (Å²) in [5, 5.41) is 3.82. The molecule has 0 bridgehead atoms. The van der Waals surface area contributed by atoms with Crippen LogP contribution in [-0.2, 0) is 6.54 Å². The Kier molecular flexibility index (Phi) is 5.13. The van der Waals surface area contributed by atoms with Crippen LogP contribution >= 0.6 is 27.5 Å². The van der Waals surface area contributed by atoms with Gasteiger partial charge in [-0.25, -0.2) is 8.78 Å². The molecular formula is C15H13BrClF2N. The smallest absolute Gasteiger partial charge is 0.130 e. The highest BCUT2D eigenvalue weighted by Gasteiger charge is 2.12. The molecule has 20 heavy (non-hydrogen) atoms. The minimum absolute atomic E-state index is 0.245. The first kappa shape index (κ1) is 15.4. The van der Waals surface area contributed by atoms with E-state index in [1.54, 1.807) is 6.07 Å². The third-order valence-corrected chi connectivity index (χ3v) is 3.90. The van der Waals surface area contributed by atoms with E-state index < -0.39 is 11.6 Å². The molecule has 2 rings (SSSR count). The van der Waals surface area contributed by atoms with Crippen molar-refractivity contribution in [3.05, 3.63) is 68.7 Å². The Bertz CT molecular complexity index is 619. The van der Waals surface area contributed by atoms with Crippen molar-refractivity contribution in [2.75, 3.05) is 0 Å². The maximum absolute atomic E-state index is 13.7. The lowest BCUT2D eigenvalue weighted by Crippen LogP contribution is -2.19. The molecule has 0 radical (unpaired) electrons. The summed E-state index contributed by atoms with van der Waals surface area (Å²) in [6.45, 7) is 2.32. The Balaban J connectivity index is 2.08. The maximum Gasteiger partial charge on any atom is 0.130 e. The van der Waals surface area contributed by atoms with Crippen LogP contribution in [0.15, 0.2) is 40.9 Å². The Hall–Kier alpha value is -0.970. The summed E-state index contributed by atoms with van der Waals surface area (Å²) in [6, 6.07) is 8.90. The van der Waals surface area contributed by atoms with Crippen molar-refractivity contribution in [3.63, 3.8) is 0 Å². The van der Waals surface area contributed by atoms with Gasteiger partial charge in [0.15, 0.2) is 0 Å². The first-order valence-corrected chi connectivity index (χ1v) is 7.26. The van der Waals surface area contributed by atoms with Crippen molar-refractivity contribution in [2.24, 2.45) is 0 Å². The molecule has 106 valence electrons. The van der Waals surface area contributed by atoms with E-state index in [4.69, 9.17) is 11.6 Å². The molecule has 0 aliphatic heterocycles. The number of rotatable bonds is 4. The molecule has 0 heterocycles. The van der Waals surface area contributed by atoms with Crippen LogP contribution in [0, 0.1) is 11.6 Å². The number of halogens is 4. The number of hydrogen-bond donors (Lipinski definition) is 1. The number of hydrogen-bond acceptors (Lipinski definition) is 1. The molecule has 0 saturated carbocycles. The van der Waals surface area contributed by atoms with Crippen LogP contribution in [0.2, 0.25) is 5.02 Å². The van der Waals surface area contributed by atoms with Crippen LogP contribution in [0.3, 0.4) is 0 Å². The second kappa shape index (κ2) is 6.66. The van der Waals surface area contributed by atoms with Crippen LogP contribution < -0.4 is 5.32 Å². The van der Waals surface area contributed by atoms with Gasteiger partial charge in [0.25, 0.3) is 0 Å². The zero-order valence-corrected chi connectivity index (χ0v) is 13.1. The van der Waals surface area contributed by atoms with Crippen LogP contribution in [0.25, 0.3) is 0 Å². The van der Waals surface area contributed by atoms with E-state index in [9.17, 15) is 8.78 Å². The molecule has 5 heteroatoms. The average Bonchev–Trinajstić information content (AvgIpc) is 2.39. The normalized spacial score (nSPS) is 12.4. The van der Waals surface area contributed by atoms with Crippen molar-refractivity contribution in [3.8, 4) is 0 Å². The first-order valence-electron chi connectivity index (χ1n) is 6.09. The standard InChI is InChI=1S/C15H13BrClF2N/c1-9(13-4-3-12(18)7-15(13)19)20-8-10-6-11(16)2-5-14(10)17/h2-7,9,20H,8H2,1H3. The van der Waals surface area contributed by atoms with Gasteiger partial charge in [0, 0.05) is 33.7 Å². The van der Waals surface area contributed by atoms with Gasteiger partial charge in [-0.05, 0) is 36.8 Å². The zero-order chi connectivity index (χ0) is 14.7. The van der Waals surface area contributed by atoms with Crippen LogP contribution in [0.5, 0.6) is 0 Å². The van der Waals surface area contributed by atoms with Crippen LogP contribution in [-0.4, -0.2) is 0 Å². The van der Waals surface area contributed by atoms with Crippen LogP contribution in [0.1, 0.15) is 24.1 Å². The fourth-order valence-corrected chi connectivity index (χ4v) is 2.50. The number of nitrogens with one attached hydrogen (secondary N) is 1. The average molecular weight is 361 g/mol. The molecular weight excluding hydrogens is 348 g/mol. The Morgan fingerprint density at radius 3 is 2.65 bits per heavy atom. The predicted octanol–water partition coefficient (Wildman–Crippen LogP) is 5.23. The monoisotopic (exact) mass is 359 g/mol. The highest BCUT2D eigenvalue weighted by molar-refractivity contribution is 9.10. The van der Waals surface area contributed by atoms with Gasteiger partial charge in [-0.15, -0.1) is 0 Å². The Morgan fingerprint density at radius 1 is 1.20 bits per heavy atom. The molecule has 0 spiro atoms. The fraction of sp³-hybridized carbons (Fsp3) is 0.200. The summed E-state index contributed by atoms with van der Waals surface area (Å²) in [5.41, 5.74) is 1.34. The largest absolute Gasteiger partial charge is 0.306 e. The molecule has 0 fully saturated rings. The van der Waals surface area contributed by atoms with Gasteiger partial charge in [-0.1, -0.05) is 33.6 Å². The van der Waals surface area contributed by atoms with Crippen molar-refractivity contribution in [1.29, 1.82) is 0 Å². The lowest BCUT2D eigenvalue weighted by atomic mass is 10.1. The van der Waals surface area contributed by atoms with Gasteiger partial charge in [0.1, 0.15) is 11.6 Å². The highest BCUT2D eigenvalue weighted by atomic mass is 79.9. The van der Waals surface area contributed by atoms with Gasteiger partial charge in [0.2, 0.25) is 0 Å². The summed E-state index contributed by atoms with van der Waals surface area (Å²) in [4.78, 5) is 0. The fourth-order valence-electron chi connectivity index (χ4n) is 1.90. The van der Waals surface area contributed by atoms with Crippen LogP contribution in [0.4, 0.5) is 8.78 Å². The maximum atomic E-state index is 13.7. The van der Waals surface area contributed by atoms with Crippen molar-refractivity contribution < 1.29 is 8.78 Å². The van der Waals surface area contributed by atoms with E-state index in [-0.39, 0.29) is 6.04 Å². The third kappa shape index (κ3) is 3.78. The quantitative estimate of drug-likeness (QED) is 0.787. The van der Waals surface area contributed by atoms with E-state index >= 15 is 0 Å². The summed E-state index contributed by atoms with van der Waals surface area (Å²) in [7, 11) is 0. The van der Waals surface area contributed by atoms with E-state index in [0.717, 1.165) is 16.1 Å². The summed E-state index contributed by atoms with van der Waals surface area (Å²) < 4.78 is 27.5. The molecule has 2 aromatic rings. The second-order valence-electron chi connectivity index (χ2n) is 4.50. The highest BCUT2D eigenvalue weighted by Crippen LogP contribution is 2.23. The van der Waals surface area contributed by atoms with Gasteiger partial charge in [0.05, 0.1) is 0 Å². The van der Waals surface area contributed by atoms with Crippen molar-refractivity contribution in [2.45, 2.75) is 19.5 Å². The lowest BCUT2D eigenvalue weighted by molar-refractivity contribution is 0.518. The van der Waals surface area contributed by atoms with Crippen molar-refractivity contribution >= 4 is 27.5 Å². The Morgan fingerprint density at radius 2 is 1.95 bits per heavy atom. The number of benzene rings is 2. The van der Waals surface area contributed by atoms with E-state index in [2.05, 4.69) is 21.2 Å². The molecule has 2 aromatic carbocycles. The van der Waals surface area contributed by atoms with E-state index in [1.807, 2.05) is 19.1 Å². The SMILES string of the molecule is CC(NCc1cc(Br)ccc1Cl)c1ccc(F)cc1F. The van der Waals surface area contributed by atoms with Gasteiger partial charge in [-0.2, -0.15) is 0 Å². The van der Waals surface area contributed by atoms with Crippen molar-refractivity contribution in [1.82, 2.24) is 5.32 Å². The van der Waals surface area contributed by atoms with Gasteiger partial charge >= 0.3 is 0 Å². The molecule has 0 amide bonds. The summed E-state index contributed by atoms with van der Waals surface area (Å²) in [6.07, 6.45) is 0. The van der Waals surface area contributed by atoms with E-state index in [0.29, 0.717) is 17.1 Å². The molecule has 1 N–H and O–H groups in total. The first-order chi connectivity index (χ1) is 9.47. The molecule has 1 unspecified atom stereocenters. The second-order valence-corrected chi connectivity index (χ2v) is 5.83. The van der Waals surface area contributed by atoms with Gasteiger partial charge < -0.3 is 5.32 Å². The summed E-state index contributed by atoms with van der Waals surface area (Å²) >= 11 is 9.47. The molecule has 0 saturated heterocycles. The molecule has 1 nitrogen and oxygen atoms in total. The zero-order valence-electron chi connectivity index (χ0n) is 10.8. The minimum atomic E-state index is -0.575. The van der Waals surface area contributed by atoms with E-state index in [1.165, 1.54) is 12.1 Å². The molecule has 0 aliphatic carbocycles. The lowest BCUT2D eigenvalue weighted by Gasteiger charge is -2.16. The third-order valence-electron chi connectivity index (χ3n) is 3.04. The minimum Gasteiger partial charge on any atom is -0.306 e. The molecule has 0 aromatic heterocycles. The topological polar surface area (TPSA) is 12.0 Å². The predicted molar refractivity (Wildman–Crippen MR) is 80.8 cm³/mol. The Labute approximate surface area is 130 Å². The summed E-state index contributed by atoms with van der Waals surface area (Å²) in [5.74, 6) is -1.13. The molecule has 1 atom stereocenters.